The highest BCUT2D eigenvalue weighted by atomic mass is 19.1. The molecule has 2 heterocycles. The standard InChI is InChI=1S/C20H14FNO5/c1-11-15-10-12(21)6-7-16(15)27-17(11)20(25)26-9-8-22-18(23)13-4-2-3-5-14(13)19(22)24/h2-7,10H,8-9H2,1H3. The number of fused-ring (bicyclic) bond motifs is 2. The van der Waals surface area contributed by atoms with E-state index in [1.807, 2.05) is 0 Å². The summed E-state index contributed by atoms with van der Waals surface area (Å²) in [5, 5.41) is 0.488. The molecule has 0 radical (unpaired) electrons. The van der Waals surface area contributed by atoms with Gasteiger partial charge in [-0.3, -0.25) is 14.5 Å². The molecule has 6 nitrogen and oxygen atoms in total. The van der Waals surface area contributed by atoms with Crippen molar-refractivity contribution in [3.05, 3.63) is 70.7 Å². The predicted octanol–water partition coefficient (Wildman–Crippen LogP) is 3.33. The molecule has 0 spiro atoms. The Balaban J connectivity index is 1.44. The van der Waals surface area contributed by atoms with Gasteiger partial charge in [-0.25, -0.2) is 9.18 Å². The SMILES string of the molecule is Cc1c(C(=O)OCCN2C(=O)c3ccccc3C2=O)oc2ccc(F)cc12. The number of hydrogen-bond donors (Lipinski definition) is 0. The van der Waals surface area contributed by atoms with Gasteiger partial charge in [-0.15, -0.1) is 0 Å². The molecule has 4 rings (SSSR count). The first-order valence-corrected chi connectivity index (χ1v) is 8.28. The normalized spacial score (nSPS) is 13.3. The third-order valence-electron chi connectivity index (χ3n) is 4.51. The molecule has 136 valence electrons. The lowest BCUT2D eigenvalue weighted by Crippen LogP contribution is -2.33. The number of imide groups is 1. The maximum absolute atomic E-state index is 13.4. The Bertz CT molecular complexity index is 1070. The van der Waals surface area contributed by atoms with Crippen LogP contribution in [-0.4, -0.2) is 35.8 Å². The first-order valence-electron chi connectivity index (χ1n) is 8.28. The van der Waals surface area contributed by atoms with Crippen LogP contribution in [0, 0.1) is 12.7 Å². The van der Waals surface area contributed by atoms with E-state index in [1.54, 1.807) is 31.2 Å². The largest absolute Gasteiger partial charge is 0.458 e. The van der Waals surface area contributed by atoms with Gasteiger partial charge in [0.1, 0.15) is 18.0 Å². The van der Waals surface area contributed by atoms with Crippen molar-refractivity contribution in [2.45, 2.75) is 6.92 Å². The van der Waals surface area contributed by atoms with E-state index in [4.69, 9.17) is 9.15 Å². The number of carbonyl (C=O) groups is 3. The van der Waals surface area contributed by atoms with E-state index in [0.717, 1.165) is 4.90 Å². The molecule has 0 bridgehead atoms. The molecule has 1 aromatic heterocycles. The molecule has 2 amide bonds. The summed E-state index contributed by atoms with van der Waals surface area (Å²) in [5.74, 6) is -2.03. The van der Waals surface area contributed by atoms with E-state index >= 15 is 0 Å². The minimum absolute atomic E-state index is 0.0297. The van der Waals surface area contributed by atoms with Crippen molar-refractivity contribution in [1.82, 2.24) is 4.90 Å². The molecule has 0 saturated heterocycles. The second-order valence-corrected chi connectivity index (χ2v) is 6.14. The van der Waals surface area contributed by atoms with Crippen LogP contribution < -0.4 is 0 Å². The monoisotopic (exact) mass is 367 g/mol. The number of nitrogens with zero attached hydrogens (tertiary/aromatic N) is 1. The quantitative estimate of drug-likeness (QED) is 0.522. The number of ether oxygens (including phenoxy) is 1. The van der Waals surface area contributed by atoms with Crippen LogP contribution in [0.5, 0.6) is 0 Å². The van der Waals surface area contributed by atoms with Crippen LogP contribution in [0.2, 0.25) is 0 Å². The fourth-order valence-electron chi connectivity index (χ4n) is 3.13. The molecule has 0 saturated carbocycles. The molecule has 1 aliphatic heterocycles. The van der Waals surface area contributed by atoms with Crippen LogP contribution in [0.25, 0.3) is 11.0 Å². The predicted molar refractivity (Wildman–Crippen MR) is 93.0 cm³/mol. The molecular formula is C20H14FNO5. The molecule has 0 fully saturated rings. The van der Waals surface area contributed by atoms with Crippen molar-refractivity contribution in [3.63, 3.8) is 0 Å². The number of furan rings is 1. The molecule has 2 aromatic carbocycles. The summed E-state index contributed by atoms with van der Waals surface area (Å²) in [5.41, 5.74) is 1.52. The van der Waals surface area contributed by atoms with Crippen molar-refractivity contribution in [1.29, 1.82) is 0 Å². The van der Waals surface area contributed by atoms with E-state index in [2.05, 4.69) is 0 Å². The zero-order valence-electron chi connectivity index (χ0n) is 14.3. The summed E-state index contributed by atoms with van der Waals surface area (Å²) >= 11 is 0. The zero-order valence-corrected chi connectivity index (χ0v) is 14.3. The number of carbonyl (C=O) groups excluding carboxylic acids is 3. The van der Waals surface area contributed by atoms with E-state index in [9.17, 15) is 18.8 Å². The van der Waals surface area contributed by atoms with E-state index in [0.29, 0.717) is 27.7 Å². The Hall–Kier alpha value is -3.48. The van der Waals surface area contributed by atoms with Crippen LogP contribution in [0.1, 0.15) is 36.8 Å². The first kappa shape index (κ1) is 17.0. The molecule has 0 unspecified atom stereocenters. The van der Waals surface area contributed by atoms with Crippen LogP contribution in [0.15, 0.2) is 46.9 Å². The molecular weight excluding hydrogens is 353 g/mol. The van der Waals surface area contributed by atoms with Gasteiger partial charge in [0.05, 0.1) is 17.7 Å². The van der Waals surface area contributed by atoms with E-state index < -0.39 is 23.6 Å². The Kier molecular flexibility index (Phi) is 3.99. The number of amides is 2. The Morgan fingerprint density at radius 2 is 1.78 bits per heavy atom. The smallest absolute Gasteiger partial charge is 0.374 e. The van der Waals surface area contributed by atoms with Gasteiger partial charge in [0.2, 0.25) is 5.76 Å². The van der Waals surface area contributed by atoms with Crippen molar-refractivity contribution < 1.29 is 27.9 Å². The highest BCUT2D eigenvalue weighted by Crippen LogP contribution is 2.27. The molecule has 27 heavy (non-hydrogen) atoms. The number of aryl methyl sites for hydroxylation is 1. The third kappa shape index (κ3) is 2.77. The van der Waals surface area contributed by atoms with Crippen molar-refractivity contribution >= 4 is 28.8 Å². The Morgan fingerprint density at radius 3 is 2.44 bits per heavy atom. The van der Waals surface area contributed by atoms with Gasteiger partial charge in [0.25, 0.3) is 11.8 Å². The molecule has 0 N–H and O–H groups in total. The van der Waals surface area contributed by atoms with Gasteiger partial charge in [-0.2, -0.15) is 0 Å². The van der Waals surface area contributed by atoms with Crippen molar-refractivity contribution in [3.8, 4) is 0 Å². The van der Waals surface area contributed by atoms with Crippen LogP contribution in [0.3, 0.4) is 0 Å². The molecule has 3 aromatic rings. The van der Waals surface area contributed by atoms with Crippen LogP contribution in [0.4, 0.5) is 4.39 Å². The maximum Gasteiger partial charge on any atom is 0.374 e. The maximum atomic E-state index is 13.4. The summed E-state index contributed by atoms with van der Waals surface area (Å²) in [7, 11) is 0. The fourth-order valence-corrected chi connectivity index (χ4v) is 3.13. The summed E-state index contributed by atoms with van der Waals surface area (Å²) in [6.45, 7) is 1.40. The Morgan fingerprint density at radius 1 is 1.11 bits per heavy atom. The number of rotatable bonds is 4. The van der Waals surface area contributed by atoms with Gasteiger partial charge in [0.15, 0.2) is 0 Å². The van der Waals surface area contributed by atoms with Crippen LogP contribution >= 0.6 is 0 Å². The van der Waals surface area contributed by atoms with Crippen molar-refractivity contribution in [2.24, 2.45) is 0 Å². The lowest BCUT2D eigenvalue weighted by Gasteiger charge is -2.13. The topological polar surface area (TPSA) is 76.8 Å². The summed E-state index contributed by atoms with van der Waals surface area (Å²) < 4.78 is 24.0. The highest BCUT2D eigenvalue weighted by Gasteiger charge is 2.35. The minimum Gasteiger partial charge on any atom is -0.458 e. The van der Waals surface area contributed by atoms with Gasteiger partial charge in [-0.05, 0) is 37.3 Å². The summed E-state index contributed by atoms with van der Waals surface area (Å²) in [6, 6.07) is 10.5. The first-order chi connectivity index (χ1) is 13.0. The number of benzene rings is 2. The molecule has 7 heteroatoms. The number of hydrogen-bond acceptors (Lipinski definition) is 5. The van der Waals surface area contributed by atoms with Gasteiger partial charge < -0.3 is 9.15 Å². The average molecular weight is 367 g/mol. The van der Waals surface area contributed by atoms with Crippen LogP contribution in [-0.2, 0) is 4.74 Å². The number of halogens is 1. The van der Waals surface area contributed by atoms with Gasteiger partial charge in [0, 0.05) is 10.9 Å². The van der Waals surface area contributed by atoms with Gasteiger partial charge >= 0.3 is 5.97 Å². The third-order valence-corrected chi connectivity index (χ3v) is 4.51. The second kappa shape index (κ2) is 6.35. The zero-order chi connectivity index (χ0) is 19.1. The van der Waals surface area contributed by atoms with Gasteiger partial charge in [-0.1, -0.05) is 12.1 Å². The van der Waals surface area contributed by atoms with E-state index in [-0.39, 0.29) is 18.9 Å². The Labute approximate surface area is 153 Å². The molecule has 0 aliphatic carbocycles. The second-order valence-electron chi connectivity index (χ2n) is 6.14. The molecule has 0 atom stereocenters. The number of esters is 1. The minimum atomic E-state index is -0.735. The van der Waals surface area contributed by atoms with E-state index in [1.165, 1.54) is 18.2 Å². The average Bonchev–Trinajstić information content (AvgIpc) is 3.11. The lowest BCUT2D eigenvalue weighted by molar-refractivity contribution is 0.0395. The summed E-state index contributed by atoms with van der Waals surface area (Å²) in [6.07, 6.45) is 0. The summed E-state index contributed by atoms with van der Waals surface area (Å²) in [4.78, 5) is 37.9. The fraction of sp³-hybridized carbons (Fsp3) is 0.150. The highest BCUT2D eigenvalue weighted by molar-refractivity contribution is 6.21. The lowest BCUT2D eigenvalue weighted by atomic mass is 10.1. The van der Waals surface area contributed by atoms with Crippen molar-refractivity contribution in [2.75, 3.05) is 13.2 Å². The molecule has 1 aliphatic rings.